The van der Waals surface area contributed by atoms with Crippen LogP contribution in [0.4, 0.5) is 15.9 Å². The third kappa shape index (κ3) is 4.68. The Hall–Kier alpha value is -2.70. The SMILES string of the molecule is O=C(Nc1ccc(Cl)c(Cl)c1)c1ccc(NCc2ccc(F)cc2)nn1. The van der Waals surface area contributed by atoms with Crippen molar-refractivity contribution in [2.75, 3.05) is 10.6 Å². The lowest BCUT2D eigenvalue weighted by Crippen LogP contribution is -2.15. The quantitative estimate of drug-likeness (QED) is 0.657. The first-order chi connectivity index (χ1) is 12.5. The van der Waals surface area contributed by atoms with Crippen molar-refractivity contribution >= 4 is 40.6 Å². The van der Waals surface area contributed by atoms with E-state index < -0.39 is 5.91 Å². The van der Waals surface area contributed by atoms with E-state index in [1.54, 1.807) is 42.5 Å². The Balaban J connectivity index is 1.60. The highest BCUT2D eigenvalue weighted by molar-refractivity contribution is 6.42. The van der Waals surface area contributed by atoms with E-state index in [9.17, 15) is 9.18 Å². The summed E-state index contributed by atoms with van der Waals surface area (Å²) in [6, 6.07) is 14.1. The van der Waals surface area contributed by atoms with Crippen molar-refractivity contribution in [3.8, 4) is 0 Å². The molecule has 0 aliphatic heterocycles. The van der Waals surface area contributed by atoms with Gasteiger partial charge in [-0.05, 0) is 48.0 Å². The standard InChI is InChI=1S/C18H13Cl2FN4O/c19-14-6-5-13(9-15(14)20)23-18(26)16-7-8-17(25-24-16)22-10-11-1-3-12(21)4-2-11/h1-9H,10H2,(H,22,25)(H,23,26). The molecule has 0 fully saturated rings. The topological polar surface area (TPSA) is 66.9 Å². The minimum absolute atomic E-state index is 0.156. The summed E-state index contributed by atoms with van der Waals surface area (Å²) in [6.45, 7) is 0.462. The van der Waals surface area contributed by atoms with Crippen LogP contribution in [0.5, 0.6) is 0 Å². The highest BCUT2D eigenvalue weighted by Crippen LogP contribution is 2.25. The van der Waals surface area contributed by atoms with Crippen molar-refractivity contribution in [1.82, 2.24) is 10.2 Å². The van der Waals surface area contributed by atoms with E-state index in [-0.39, 0.29) is 11.5 Å². The van der Waals surface area contributed by atoms with Crippen LogP contribution in [0.25, 0.3) is 0 Å². The Morgan fingerprint density at radius 2 is 1.73 bits per heavy atom. The normalized spacial score (nSPS) is 10.4. The second-order valence-corrected chi connectivity index (χ2v) is 6.18. The fourth-order valence-corrected chi connectivity index (χ4v) is 2.41. The van der Waals surface area contributed by atoms with E-state index in [1.165, 1.54) is 12.1 Å². The predicted octanol–water partition coefficient (Wildman–Crippen LogP) is 4.79. The molecule has 3 rings (SSSR count). The van der Waals surface area contributed by atoms with E-state index in [2.05, 4.69) is 20.8 Å². The molecule has 0 bridgehead atoms. The fourth-order valence-electron chi connectivity index (χ4n) is 2.11. The van der Waals surface area contributed by atoms with Crippen molar-refractivity contribution < 1.29 is 9.18 Å². The van der Waals surface area contributed by atoms with Gasteiger partial charge in [0.2, 0.25) is 0 Å². The van der Waals surface area contributed by atoms with Crippen molar-refractivity contribution in [2.24, 2.45) is 0 Å². The first-order valence-electron chi connectivity index (χ1n) is 7.60. The zero-order valence-electron chi connectivity index (χ0n) is 13.3. The lowest BCUT2D eigenvalue weighted by molar-refractivity contribution is 0.102. The molecule has 0 unspecified atom stereocenters. The molecule has 1 amide bonds. The third-order valence-corrected chi connectivity index (χ3v) is 4.20. The van der Waals surface area contributed by atoms with Gasteiger partial charge in [0.25, 0.3) is 5.91 Å². The number of carbonyl (C=O) groups is 1. The molecule has 0 aliphatic carbocycles. The predicted molar refractivity (Wildman–Crippen MR) is 100 cm³/mol. The number of hydrogen-bond donors (Lipinski definition) is 2. The van der Waals surface area contributed by atoms with Crippen LogP contribution in [-0.4, -0.2) is 16.1 Å². The molecule has 0 saturated carbocycles. The molecule has 2 aromatic carbocycles. The Labute approximate surface area is 159 Å². The number of rotatable bonds is 5. The average Bonchev–Trinajstić information content (AvgIpc) is 2.65. The number of benzene rings is 2. The number of amides is 1. The maximum absolute atomic E-state index is 12.9. The minimum Gasteiger partial charge on any atom is -0.365 e. The van der Waals surface area contributed by atoms with Gasteiger partial charge in [-0.15, -0.1) is 10.2 Å². The molecule has 3 aromatic rings. The number of aromatic nitrogens is 2. The molecule has 0 atom stereocenters. The molecule has 0 spiro atoms. The lowest BCUT2D eigenvalue weighted by Gasteiger charge is -2.07. The van der Waals surface area contributed by atoms with Gasteiger partial charge in [-0.25, -0.2) is 4.39 Å². The van der Waals surface area contributed by atoms with E-state index in [4.69, 9.17) is 23.2 Å². The van der Waals surface area contributed by atoms with Crippen LogP contribution >= 0.6 is 23.2 Å². The zero-order chi connectivity index (χ0) is 18.5. The average molecular weight is 391 g/mol. The Morgan fingerprint density at radius 1 is 0.962 bits per heavy atom. The Bertz CT molecular complexity index is 917. The zero-order valence-corrected chi connectivity index (χ0v) is 14.9. The van der Waals surface area contributed by atoms with Gasteiger partial charge < -0.3 is 10.6 Å². The summed E-state index contributed by atoms with van der Waals surface area (Å²) in [4.78, 5) is 12.2. The summed E-state index contributed by atoms with van der Waals surface area (Å²) >= 11 is 11.8. The summed E-state index contributed by atoms with van der Waals surface area (Å²) in [5.74, 6) is -0.202. The monoisotopic (exact) mass is 390 g/mol. The van der Waals surface area contributed by atoms with E-state index in [1.807, 2.05) is 0 Å². The maximum atomic E-state index is 12.9. The molecule has 5 nitrogen and oxygen atoms in total. The number of anilines is 2. The van der Waals surface area contributed by atoms with Crippen molar-refractivity contribution in [3.63, 3.8) is 0 Å². The van der Waals surface area contributed by atoms with Crippen LogP contribution in [0, 0.1) is 5.82 Å². The minimum atomic E-state index is -0.416. The molecule has 0 saturated heterocycles. The molecule has 8 heteroatoms. The van der Waals surface area contributed by atoms with E-state index >= 15 is 0 Å². The van der Waals surface area contributed by atoms with Gasteiger partial charge in [0.1, 0.15) is 11.6 Å². The second kappa shape index (κ2) is 8.12. The Kier molecular flexibility index (Phi) is 5.65. The third-order valence-electron chi connectivity index (χ3n) is 3.46. The van der Waals surface area contributed by atoms with Crippen molar-refractivity contribution in [3.05, 3.63) is 81.7 Å². The molecule has 26 heavy (non-hydrogen) atoms. The fraction of sp³-hybridized carbons (Fsp3) is 0.0556. The highest BCUT2D eigenvalue weighted by Gasteiger charge is 2.10. The van der Waals surface area contributed by atoms with E-state index in [0.717, 1.165) is 5.56 Å². The van der Waals surface area contributed by atoms with E-state index in [0.29, 0.717) is 28.1 Å². The maximum Gasteiger partial charge on any atom is 0.276 e. The van der Waals surface area contributed by atoms with Gasteiger partial charge in [0.15, 0.2) is 5.69 Å². The van der Waals surface area contributed by atoms with Gasteiger partial charge in [0.05, 0.1) is 10.0 Å². The van der Waals surface area contributed by atoms with Crippen LogP contribution in [0.2, 0.25) is 10.0 Å². The number of nitrogens with one attached hydrogen (secondary N) is 2. The first-order valence-corrected chi connectivity index (χ1v) is 8.35. The number of carbonyl (C=O) groups excluding carboxylic acids is 1. The number of hydrogen-bond acceptors (Lipinski definition) is 4. The summed E-state index contributed by atoms with van der Waals surface area (Å²) in [6.07, 6.45) is 0. The second-order valence-electron chi connectivity index (χ2n) is 5.37. The molecule has 0 aliphatic rings. The molecular weight excluding hydrogens is 378 g/mol. The van der Waals surface area contributed by atoms with Crippen LogP contribution in [-0.2, 0) is 6.54 Å². The van der Waals surface area contributed by atoms with Crippen LogP contribution < -0.4 is 10.6 Å². The summed E-state index contributed by atoms with van der Waals surface area (Å²) < 4.78 is 12.9. The van der Waals surface area contributed by atoms with Crippen molar-refractivity contribution in [1.29, 1.82) is 0 Å². The summed E-state index contributed by atoms with van der Waals surface area (Å²) in [5.41, 5.74) is 1.56. The molecule has 1 heterocycles. The van der Waals surface area contributed by atoms with Crippen LogP contribution in [0.15, 0.2) is 54.6 Å². The largest absolute Gasteiger partial charge is 0.365 e. The number of nitrogens with zero attached hydrogens (tertiary/aromatic N) is 2. The molecule has 132 valence electrons. The molecular formula is C18H13Cl2FN4O. The lowest BCUT2D eigenvalue weighted by atomic mass is 10.2. The van der Waals surface area contributed by atoms with Crippen LogP contribution in [0.3, 0.4) is 0 Å². The van der Waals surface area contributed by atoms with Gasteiger partial charge >= 0.3 is 0 Å². The Morgan fingerprint density at radius 3 is 2.38 bits per heavy atom. The summed E-state index contributed by atoms with van der Waals surface area (Å²) in [5, 5.41) is 14.3. The molecule has 0 radical (unpaired) electrons. The van der Waals surface area contributed by atoms with Gasteiger partial charge in [0, 0.05) is 12.2 Å². The van der Waals surface area contributed by atoms with Gasteiger partial charge in [-0.3, -0.25) is 4.79 Å². The van der Waals surface area contributed by atoms with Crippen LogP contribution in [0.1, 0.15) is 16.1 Å². The number of halogens is 3. The van der Waals surface area contributed by atoms with Gasteiger partial charge in [-0.2, -0.15) is 0 Å². The highest BCUT2D eigenvalue weighted by atomic mass is 35.5. The smallest absolute Gasteiger partial charge is 0.276 e. The van der Waals surface area contributed by atoms with Gasteiger partial charge in [-0.1, -0.05) is 35.3 Å². The summed E-state index contributed by atoms with van der Waals surface area (Å²) in [7, 11) is 0. The molecule has 2 N–H and O–H groups in total. The van der Waals surface area contributed by atoms with Crippen molar-refractivity contribution in [2.45, 2.75) is 6.54 Å². The first kappa shape index (κ1) is 18.1. The molecule has 1 aromatic heterocycles.